The van der Waals surface area contributed by atoms with E-state index in [4.69, 9.17) is 4.74 Å². The van der Waals surface area contributed by atoms with Gasteiger partial charge in [-0.25, -0.2) is 8.78 Å². The molecule has 0 fully saturated rings. The Labute approximate surface area is 93.2 Å². The summed E-state index contributed by atoms with van der Waals surface area (Å²) in [6.45, 7) is 3.31. The van der Waals surface area contributed by atoms with Crippen LogP contribution < -0.4 is 4.74 Å². The Kier molecular flexibility index (Phi) is 3.62. The Hall–Kier alpha value is -1.45. The van der Waals surface area contributed by atoms with Crippen molar-refractivity contribution in [2.24, 2.45) is 0 Å². The minimum Gasteiger partial charge on any atom is -0.487 e. The second-order valence-electron chi connectivity index (χ2n) is 3.90. The summed E-state index contributed by atoms with van der Waals surface area (Å²) < 4.78 is 30.1. The second kappa shape index (κ2) is 4.60. The fraction of sp³-hybridized carbons (Fsp3) is 0.417. The summed E-state index contributed by atoms with van der Waals surface area (Å²) in [6.07, 6.45) is 0. The predicted octanol–water partition coefficient (Wildman–Crippen LogP) is 3.23. The van der Waals surface area contributed by atoms with E-state index in [2.05, 4.69) is 0 Å². The lowest BCUT2D eigenvalue weighted by molar-refractivity contribution is -0.0231. The van der Waals surface area contributed by atoms with E-state index in [9.17, 15) is 13.6 Å². The average molecular weight is 228 g/mol. The molecule has 0 saturated heterocycles. The van der Waals surface area contributed by atoms with Crippen LogP contribution in [-0.4, -0.2) is 18.3 Å². The first-order valence-electron chi connectivity index (χ1n) is 4.92. The molecule has 0 aliphatic rings. The molecule has 0 bridgehead atoms. The first kappa shape index (κ1) is 12.6. The number of halogens is 2. The van der Waals surface area contributed by atoms with Crippen LogP contribution in [0.3, 0.4) is 0 Å². The average Bonchev–Trinajstić information content (AvgIpc) is 2.14. The van der Waals surface area contributed by atoms with Crippen molar-refractivity contribution in [3.8, 4) is 5.75 Å². The Morgan fingerprint density at radius 1 is 1.44 bits per heavy atom. The molecule has 0 heterocycles. The van der Waals surface area contributed by atoms with Crippen molar-refractivity contribution in [2.75, 3.05) is 6.61 Å². The minimum atomic E-state index is -2.86. The lowest BCUT2D eigenvalue weighted by atomic mass is 10.1. The van der Waals surface area contributed by atoms with Gasteiger partial charge in [0.1, 0.15) is 5.75 Å². The fourth-order valence-corrected chi connectivity index (χ4v) is 1.23. The maximum Gasteiger partial charge on any atom is 0.278 e. The number of alkyl halides is 2. The molecule has 2 nitrogen and oxygen atoms in total. The summed E-state index contributed by atoms with van der Waals surface area (Å²) in [5.41, 5.74) is 1.23. The van der Waals surface area contributed by atoms with Crippen molar-refractivity contribution in [3.63, 3.8) is 0 Å². The summed E-state index contributed by atoms with van der Waals surface area (Å²) >= 11 is 0. The third-order valence-corrected chi connectivity index (χ3v) is 2.06. The molecule has 88 valence electrons. The van der Waals surface area contributed by atoms with Crippen LogP contribution in [0.4, 0.5) is 8.78 Å². The number of rotatable bonds is 4. The van der Waals surface area contributed by atoms with Crippen LogP contribution in [-0.2, 0) is 0 Å². The summed E-state index contributed by atoms with van der Waals surface area (Å²) in [6, 6.07) is 4.74. The van der Waals surface area contributed by atoms with Crippen molar-refractivity contribution in [1.29, 1.82) is 0 Å². The lowest BCUT2D eigenvalue weighted by Crippen LogP contribution is -2.21. The van der Waals surface area contributed by atoms with Gasteiger partial charge in [0.05, 0.1) is 0 Å². The highest BCUT2D eigenvalue weighted by Crippen LogP contribution is 2.22. The molecule has 0 radical (unpaired) electrons. The number of hydrogen-bond donors (Lipinski definition) is 0. The van der Waals surface area contributed by atoms with E-state index in [1.807, 2.05) is 0 Å². The maximum absolute atomic E-state index is 12.6. The van der Waals surface area contributed by atoms with E-state index in [0.717, 1.165) is 6.92 Å². The molecule has 4 heteroatoms. The maximum atomic E-state index is 12.6. The number of benzene rings is 1. The summed E-state index contributed by atoms with van der Waals surface area (Å²) in [5.74, 6) is -2.53. The molecule has 0 aliphatic heterocycles. The molecule has 0 N–H and O–H groups in total. The molecule has 1 aromatic rings. The first-order valence-corrected chi connectivity index (χ1v) is 4.92. The molecule has 0 atom stereocenters. The van der Waals surface area contributed by atoms with Crippen molar-refractivity contribution in [3.05, 3.63) is 29.3 Å². The van der Waals surface area contributed by atoms with Crippen molar-refractivity contribution >= 4 is 5.78 Å². The normalized spacial score (nSPS) is 11.3. The standard InChI is InChI=1S/C12H14F2O2/c1-8-6-10(9(2)15)4-5-11(8)16-7-12(3,13)14/h4-6H,7H2,1-3H3. The van der Waals surface area contributed by atoms with Gasteiger partial charge in [-0.1, -0.05) is 0 Å². The molecule has 1 rings (SSSR count). The highest BCUT2D eigenvalue weighted by atomic mass is 19.3. The molecule has 0 saturated carbocycles. The van der Waals surface area contributed by atoms with E-state index in [1.54, 1.807) is 19.1 Å². The van der Waals surface area contributed by atoms with Gasteiger partial charge >= 0.3 is 0 Å². The Morgan fingerprint density at radius 3 is 2.50 bits per heavy atom. The third-order valence-electron chi connectivity index (χ3n) is 2.06. The molecule has 1 aromatic carbocycles. The van der Waals surface area contributed by atoms with Crippen LogP contribution >= 0.6 is 0 Å². The quantitative estimate of drug-likeness (QED) is 0.739. The van der Waals surface area contributed by atoms with Crippen LogP contribution in [0.2, 0.25) is 0 Å². The number of ketones is 1. The van der Waals surface area contributed by atoms with Gasteiger partial charge in [-0.3, -0.25) is 4.79 Å². The highest BCUT2D eigenvalue weighted by Gasteiger charge is 2.22. The van der Waals surface area contributed by atoms with Gasteiger partial charge in [0.2, 0.25) is 0 Å². The van der Waals surface area contributed by atoms with Gasteiger partial charge in [-0.15, -0.1) is 0 Å². The Morgan fingerprint density at radius 2 is 2.06 bits per heavy atom. The monoisotopic (exact) mass is 228 g/mol. The summed E-state index contributed by atoms with van der Waals surface area (Å²) in [4.78, 5) is 11.1. The lowest BCUT2D eigenvalue weighted by Gasteiger charge is -2.14. The zero-order valence-corrected chi connectivity index (χ0v) is 9.51. The number of carbonyl (C=O) groups is 1. The van der Waals surface area contributed by atoms with E-state index in [-0.39, 0.29) is 5.78 Å². The molecule has 0 aromatic heterocycles. The van der Waals surface area contributed by atoms with Gasteiger partial charge in [-0.2, -0.15) is 0 Å². The Balaban J connectivity index is 2.80. The third kappa shape index (κ3) is 3.61. The van der Waals surface area contributed by atoms with Crippen molar-refractivity contribution < 1.29 is 18.3 Å². The van der Waals surface area contributed by atoms with Crippen molar-refractivity contribution in [2.45, 2.75) is 26.7 Å². The van der Waals surface area contributed by atoms with Crippen LogP contribution in [0.25, 0.3) is 0 Å². The summed E-state index contributed by atoms with van der Waals surface area (Å²) in [7, 11) is 0. The molecular weight excluding hydrogens is 214 g/mol. The number of hydrogen-bond acceptors (Lipinski definition) is 2. The van der Waals surface area contributed by atoms with Gasteiger partial charge < -0.3 is 4.74 Å². The molecule has 0 amide bonds. The number of aryl methyl sites for hydroxylation is 1. The van der Waals surface area contributed by atoms with Crippen LogP contribution in [0.15, 0.2) is 18.2 Å². The molecule has 0 aliphatic carbocycles. The van der Waals surface area contributed by atoms with Gasteiger partial charge in [0.25, 0.3) is 5.92 Å². The van der Waals surface area contributed by atoms with E-state index < -0.39 is 12.5 Å². The molecule has 0 unspecified atom stereocenters. The first-order chi connectivity index (χ1) is 7.29. The number of carbonyl (C=O) groups excluding carboxylic acids is 1. The zero-order valence-electron chi connectivity index (χ0n) is 9.51. The SMILES string of the molecule is CC(=O)c1ccc(OCC(C)(F)F)c(C)c1. The second-order valence-corrected chi connectivity index (χ2v) is 3.90. The predicted molar refractivity (Wildman–Crippen MR) is 57.3 cm³/mol. The van der Waals surface area contributed by atoms with Gasteiger partial charge in [-0.05, 0) is 37.6 Å². The fourth-order valence-electron chi connectivity index (χ4n) is 1.23. The highest BCUT2D eigenvalue weighted by molar-refractivity contribution is 5.94. The van der Waals surface area contributed by atoms with E-state index >= 15 is 0 Å². The smallest absolute Gasteiger partial charge is 0.278 e. The summed E-state index contributed by atoms with van der Waals surface area (Å²) in [5, 5.41) is 0. The van der Waals surface area contributed by atoms with Gasteiger partial charge in [0.15, 0.2) is 12.4 Å². The van der Waals surface area contributed by atoms with Crippen LogP contribution in [0.1, 0.15) is 29.8 Å². The number of Topliss-reactive ketones (excluding diaryl/α,β-unsaturated/α-hetero) is 1. The Bertz CT molecular complexity index is 394. The van der Waals surface area contributed by atoms with E-state index in [1.165, 1.54) is 13.0 Å². The van der Waals surface area contributed by atoms with Crippen LogP contribution in [0.5, 0.6) is 5.75 Å². The number of ether oxygens (including phenoxy) is 1. The van der Waals surface area contributed by atoms with Gasteiger partial charge in [0, 0.05) is 12.5 Å². The minimum absolute atomic E-state index is 0.0597. The van der Waals surface area contributed by atoms with E-state index in [0.29, 0.717) is 16.9 Å². The molecule has 16 heavy (non-hydrogen) atoms. The largest absolute Gasteiger partial charge is 0.487 e. The molecular formula is C12H14F2O2. The molecule has 0 spiro atoms. The zero-order chi connectivity index (χ0) is 12.3. The van der Waals surface area contributed by atoms with Crippen LogP contribution in [0, 0.1) is 6.92 Å². The topological polar surface area (TPSA) is 26.3 Å². The van der Waals surface area contributed by atoms with Crippen molar-refractivity contribution in [1.82, 2.24) is 0 Å².